The maximum Gasteiger partial charge on any atom is 0.165 e. The van der Waals surface area contributed by atoms with Crippen LogP contribution in [-0.2, 0) is 12.8 Å². The van der Waals surface area contributed by atoms with Gasteiger partial charge >= 0.3 is 0 Å². The van der Waals surface area contributed by atoms with Crippen molar-refractivity contribution in [2.45, 2.75) is 38.9 Å². The van der Waals surface area contributed by atoms with Crippen molar-refractivity contribution in [1.82, 2.24) is 0 Å². The average molecular weight is 261 g/mol. The normalized spacial score (nSPS) is 24.2. The number of hydrogen-bond acceptors (Lipinski definition) is 4. The standard InChI is InChI=1S/C15H19NO3/c1-8-6-11-10(4-3-5-16)14-12(7-9(2)18-14)13(17)15(11)19-8/h3-4,8-9,17H,5-7,16H2,1-2H3/b4-3+. The van der Waals surface area contributed by atoms with E-state index in [2.05, 4.69) is 0 Å². The second-order valence-corrected chi connectivity index (χ2v) is 5.28. The Bertz CT molecular complexity index is 512. The van der Waals surface area contributed by atoms with Crippen molar-refractivity contribution in [3.05, 3.63) is 22.8 Å². The first-order valence-corrected chi connectivity index (χ1v) is 6.72. The van der Waals surface area contributed by atoms with E-state index in [4.69, 9.17) is 15.2 Å². The summed E-state index contributed by atoms with van der Waals surface area (Å²) in [6, 6.07) is 0. The highest BCUT2D eigenvalue weighted by atomic mass is 16.5. The van der Waals surface area contributed by atoms with E-state index in [1.54, 1.807) is 0 Å². The number of phenols is 1. The zero-order valence-electron chi connectivity index (χ0n) is 11.3. The summed E-state index contributed by atoms with van der Waals surface area (Å²) in [6.45, 7) is 4.49. The van der Waals surface area contributed by atoms with Crippen molar-refractivity contribution in [1.29, 1.82) is 0 Å². The van der Waals surface area contributed by atoms with Gasteiger partial charge in [0.2, 0.25) is 0 Å². The van der Waals surface area contributed by atoms with Crippen LogP contribution in [0.1, 0.15) is 30.5 Å². The van der Waals surface area contributed by atoms with E-state index >= 15 is 0 Å². The molecule has 2 atom stereocenters. The predicted molar refractivity (Wildman–Crippen MR) is 73.8 cm³/mol. The van der Waals surface area contributed by atoms with E-state index in [0.717, 1.165) is 35.3 Å². The molecule has 0 radical (unpaired) electrons. The van der Waals surface area contributed by atoms with Crippen molar-refractivity contribution >= 4 is 6.08 Å². The van der Waals surface area contributed by atoms with Crippen LogP contribution in [0.3, 0.4) is 0 Å². The summed E-state index contributed by atoms with van der Waals surface area (Å²) in [5, 5.41) is 10.4. The first-order chi connectivity index (χ1) is 9.11. The molecule has 0 saturated carbocycles. The fraction of sp³-hybridized carbons (Fsp3) is 0.467. The van der Waals surface area contributed by atoms with E-state index < -0.39 is 0 Å². The van der Waals surface area contributed by atoms with Gasteiger partial charge < -0.3 is 20.3 Å². The summed E-state index contributed by atoms with van der Waals surface area (Å²) in [7, 11) is 0. The molecule has 2 unspecified atom stereocenters. The summed E-state index contributed by atoms with van der Waals surface area (Å²) in [5.74, 6) is 1.68. The molecule has 1 aromatic rings. The van der Waals surface area contributed by atoms with Crippen molar-refractivity contribution in [3.63, 3.8) is 0 Å². The first kappa shape index (κ1) is 12.4. The Labute approximate surface area is 112 Å². The van der Waals surface area contributed by atoms with Gasteiger partial charge in [-0.1, -0.05) is 12.2 Å². The van der Waals surface area contributed by atoms with Gasteiger partial charge in [-0.15, -0.1) is 0 Å². The Kier molecular flexibility index (Phi) is 2.90. The number of hydrogen-bond donors (Lipinski definition) is 2. The minimum Gasteiger partial charge on any atom is -0.504 e. The summed E-state index contributed by atoms with van der Waals surface area (Å²) < 4.78 is 11.6. The lowest BCUT2D eigenvalue weighted by atomic mass is 9.96. The topological polar surface area (TPSA) is 64.7 Å². The molecule has 0 aliphatic carbocycles. The molecule has 0 fully saturated rings. The van der Waals surface area contributed by atoms with Crippen LogP contribution in [0.5, 0.6) is 17.2 Å². The quantitative estimate of drug-likeness (QED) is 0.854. The molecule has 3 rings (SSSR count). The van der Waals surface area contributed by atoms with Crippen molar-refractivity contribution in [3.8, 4) is 17.2 Å². The Morgan fingerprint density at radius 1 is 1.16 bits per heavy atom. The first-order valence-electron chi connectivity index (χ1n) is 6.72. The molecule has 0 bridgehead atoms. The molecule has 0 amide bonds. The lowest BCUT2D eigenvalue weighted by molar-refractivity contribution is 0.244. The Balaban J connectivity index is 2.20. The van der Waals surface area contributed by atoms with Crippen LogP contribution in [0.2, 0.25) is 0 Å². The number of fused-ring (bicyclic) bond motifs is 2. The van der Waals surface area contributed by atoms with Crippen molar-refractivity contribution in [2.75, 3.05) is 6.54 Å². The average Bonchev–Trinajstić information content (AvgIpc) is 2.93. The maximum absolute atomic E-state index is 10.4. The van der Waals surface area contributed by atoms with E-state index in [1.165, 1.54) is 0 Å². The number of aromatic hydroxyl groups is 1. The minimum absolute atomic E-state index is 0.0888. The van der Waals surface area contributed by atoms with Crippen molar-refractivity contribution < 1.29 is 14.6 Å². The summed E-state index contributed by atoms with van der Waals surface area (Å²) in [6.07, 6.45) is 5.57. The predicted octanol–water partition coefficient (Wildman–Crippen LogP) is 2.01. The molecule has 0 aromatic heterocycles. The highest BCUT2D eigenvalue weighted by Gasteiger charge is 2.34. The van der Waals surface area contributed by atoms with E-state index in [9.17, 15) is 5.11 Å². The lowest BCUT2D eigenvalue weighted by Gasteiger charge is -2.12. The van der Waals surface area contributed by atoms with Gasteiger partial charge in [-0.05, 0) is 13.8 Å². The molecule has 0 saturated heterocycles. The van der Waals surface area contributed by atoms with E-state index in [0.29, 0.717) is 12.3 Å². The van der Waals surface area contributed by atoms with Gasteiger partial charge in [0.15, 0.2) is 11.5 Å². The molecule has 19 heavy (non-hydrogen) atoms. The van der Waals surface area contributed by atoms with Crippen LogP contribution in [0, 0.1) is 0 Å². The third-order valence-electron chi connectivity index (χ3n) is 3.66. The number of rotatable bonds is 2. The second kappa shape index (κ2) is 4.46. The van der Waals surface area contributed by atoms with Crippen LogP contribution < -0.4 is 15.2 Å². The van der Waals surface area contributed by atoms with Crippen LogP contribution in [0.25, 0.3) is 6.08 Å². The van der Waals surface area contributed by atoms with Gasteiger partial charge in [-0.3, -0.25) is 0 Å². The SMILES string of the molecule is CC1Cc2c(/C=C/CN)c3c(c(O)c2O1)CC(C)O3. The molecule has 3 N–H and O–H groups in total. The molecular weight excluding hydrogens is 242 g/mol. The minimum atomic E-state index is 0.0888. The van der Waals surface area contributed by atoms with Gasteiger partial charge in [0.1, 0.15) is 18.0 Å². The molecule has 102 valence electrons. The Hall–Kier alpha value is -1.68. The van der Waals surface area contributed by atoms with Gasteiger partial charge in [0.05, 0.1) is 0 Å². The summed E-state index contributed by atoms with van der Waals surface area (Å²) in [5.41, 5.74) is 8.45. The van der Waals surface area contributed by atoms with Gasteiger partial charge in [-0.25, -0.2) is 0 Å². The second-order valence-electron chi connectivity index (χ2n) is 5.28. The van der Waals surface area contributed by atoms with Crippen LogP contribution in [-0.4, -0.2) is 23.9 Å². The van der Waals surface area contributed by atoms with Gasteiger partial charge in [0.25, 0.3) is 0 Å². The fourth-order valence-electron chi connectivity index (χ4n) is 2.89. The van der Waals surface area contributed by atoms with Crippen LogP contribution >= 0.6 is 0 Å². The number of nitrogens with two attached hydrogens (primary N) is 1. The van der Waals surface area contributed by atoms with Gasteiger partial charge in [0, 0.05) is 36.1 Å². The van der Waals surface area contributed by atoms with Gasteiger partial charge in [-0.2, -0.15) is 0 Å². The molecule has 2 aliphatic rings. The lowest BCUT2D eigenvalue weighted by Crippen LogP contribution is -2.07. The molecule has 2 heterocycles. The van der Waals surface area contributed by atoms with Crippen LogP contribution in [0.4, 0.5) is 0 Å². The molecular formula is C15H19NO3. The number of ether oxygens (including phenoxy) is 2. The molecule has 0 spiro atoms. The highest BCUT2D eigenvalue weighted by molar-refractivity contribution is 5.74. The van der Waals surface area contributed by atoms with E-state index in [1.807, 2.05) is 26.0 Å². The summed E-state index contributed by atoms with van der Waals surface area (Å²) >= 11 is 0. The molecule has 4 nitrogen and oxygen atoms in total. The number of phenolic OH excluding ortho intramolecular Hbond substituents is 1. The highest BCUT2D eigenvalue weighted by Crippen LogP contribution is 2.50. The molecule has 1 aromatic carbocycles. The smallest absolute Gasteiger partial charge is 0.165 e. The third kappa shape index (κ3) is 1.87. The molecule has 2 aliphatic heterocycles. The Morgan fingerprint density at radius 2 is 1.79 bits per heavy atom. The zero-order valence-corrected chi connectivity index (χ0v) is 11.3. The molecule has 4 heteroatoms. The Morgan fingerprint density at radius 3 is 2.47 bits per heavy atom. The van der Waals surface area contributed by atoms with Crippen molar-refractivity contribution in [2.24, 2.45) is 5.73 Å². The van der Waals surface area contributed by atoms with E-state index in [-0.39, 0.29) is 18.0 Å². The maximum atomic E-state index is 10.4. The monoisotopic (exact) mass is 261 g/mol. The third-order valence-corrected chi connectivity index (χ3v) is 3.66. The fourth-order valence-corrected chi connectivity index (χ4v) is 2.89. The number of benzene rings is 1. The largest absolute Gasteiger partial charge is 0.504 e. The zero-order chi connectivity index (χ0) is 13.6. The summed E-state index contributed by atoms with van der Waals surface area (Å²) in [4.78, 5) is 0. The van der Waals surface area contributed by atoms with Crippen LogP contribution in [0.15, 0.2) is 6.08 Å².